The van der Waals surface area contributed by atoms with Gasteiger partial charge < -0.3 is 5.32 Å². The Balaban J connectivity index is 2.24. The first-order valence-corrected chi connectivity index (χ1v) is 6.05. The van der Waals surface area contributed by atoms with E-state index in [-0.39, 0.29) is 0 Å². The number of benzene rings is 1. The summed E-state index contributed by atoms with van der Waals surface area (Å²) in [6.07, 6.45) is 0. The van der Waals surface area contributed by atoms with Crippen molar-refractivity contribution >= 4 is 50.6 Å². The zero-order chi connectivity index (χ0) is 11.5. The molecule has 2 rings (SSSR count). The summed E-state index contributed by atoms with van der Waals surface area (Å²) < 4.78 is 0.860. The first-order chi connectivity index (χ1) is 7.65. The molecule has 0 aliphatic carbocycles. The average Bonchev–Trinajstić information content (AvgIpc) is 2.24. The van der Waals surface area contributed by atoms with Crippen molar-refractivity contribution < 1.29 is 0 Å². The molecule has 0 fully saturated rings. The van der Waals surface area contributed by atoms with E-state index < -0.39 is 0 Å². The average molecular weight is 318 g/mol. The molecule has 2 nitrogen and oxygen atoms in total. The van der Waals surface area contributed by atoms with Crippen LogP contribution >= 0.6 is 39.1 Å². The predicted octanol–water partition coefficient (Wildman–Crippen LogP) is 4.89. The molecule has 0 aliphatic heterocycles. The van der Waals surface area contributed by atoms with Crippen LogP contribution in [0.15, 0.2) is 40.9 Å². The summed E-state index contributed by atoms with van der Waals surface area (Å²) in [6.45, 7) is 0. The topological polar surface area (TPSA) is 24.9 Å². The van der Waals surface area contributed by atoms with E-state index in [2.05, 4.69) is 26.2 Å². The van der Waals surface area contributed by atoms with E-state index in [4.69, 9.17) is 23.2 Å². The van der Waals surface area contributed by atoms with E-state index in [9.17, 15) is 0 Å². The third-order valence-electron chi connectivity index (χ3n) is 1.91. The Kier molecular flexibility index (Phi) is 3.69. The molecule has 5 heteroatoms. The fraction of sp³-hybridized carbons (Fsp3) is 0. The zero-order valence-corrected chi connectivity index (χ0v) is 11.1. The monoisotopic (exact) mass is 316 g/mol. The van der Waals surface area contributed by atoms with Gasteiger partial charge >= 0.3 is 0 Å². The van der Waals surface area contributed by atoms with Crippen LogP contribution in [0.5, 0.6) is 0 Å². The van der Waals surface area contributed by atoms with Gasteiger partial charge in [0.2, 0.25) is 0 Å². The molecule has 0 amide bonds. The summed E-state index contributed by atoms with van der Waals surface area (Å²) in [5.41, 5.74) is 0.864. The molecular weight excluding hydrogens is 311 g/mol. The number of anilines is 2. The highest BCUT2D eigenvalue weighted by Gasteiger charge is 2.00. The van der Waals surface area contributed by atoms with Crippen LogP contribution in [0.25, 0.3) is 0 Å². The molecule has 0 saturated carbocycles. The van der Waals surface area contributed by atoms with Crippen LogP contribution in [0.3, 0.4) is 0 Å². The highest BCUT2D eigenvalue weighted by atomic mass is 79.9. The molecule has 0 unspecified atom stereocenters. The van der Waals surface area contributed by atoms with Crippen molar-refractivity contribution in [3.05, 3.63) is 51.0 Å². The van der Waals surface area contributed by atoms with E-state index in [0.29, 0.717) is 16.0 Å². The Morgan fingerprint density at radius 2 is 1.94 bits per heavy atom. The molecule has 0 radical (unpaired) electrons. The number of aromatic nitrogens is 1. The largest absolute Gasteiger partial charge is 0.340 e. The first-order valence-electron chi connectivity index (χ1n) is 4.50. The van der Waals surface area contributed by atoms with Gasteiger partial charge in [0.1, 0.15) is 11.0 Å². The van der Waals surface area contributed by atoms with Gasteiger partial charge in [-0.05, 0) is 46.3 Å². The molecular formula is C11H7BrCl2N2. The highest BCUT2D eigenvalue weighted by Crippen LogP contribution is 2.27. The summed E-state index contributed by atoms with van der Waals surface area (Å²) in [7, 11) is 0. The molecule has 1 aromatic heterocycles. The Morgan fingerprint density at radius 3 is 2.62 bits per heavy atom. The summed E-state index contributed by atoms with van der Waals surface area (Å²) >= 11 is 15.1. The quantitative estimate of drug-likeness (QED) is 0.797. The highest BCUT2D eigenvalue weighted by molar-refractivity contribution is 9.10. The second-order valence-electron chi connectivity index (χ2n) is 3.10. The number of nitrogens with one attached hydrogen (secondary N) is 1. The van der Waals surface area contributed by atoms with E-state index in [1.54, 1.807) is 6.07 Å². The number of halogens is 3. The molecule has 0 saturated heterocycles. The molecule has 0 aliphatic rings. The molecule has 0 spiro atoms. The molecule has 16 heavy (non-hydrogen) atoms. The Labute approximate surface area is 112 Å². The fourth-order valence-corrected chi connectivity index (χ4v) is 1.79. The zero-order valence-electron chi connectivity index (χ0n) is 8.05. The van der Waals surface area contributed by atoms with E-state index >= 15 is 0 Å². The summed E-state index contributed by atoms with van der Waals surface area (Å²) in [5.74, 6) is 0.686. The standard InChI is InChI=1S/C11H7BrCl2N2/c12-8-5-4-7(6-9(8)13)15-11-3-1-2-10(14)16-11/h1-6H,(H,15,16). The van der Waals surface area contributed by atoms with Crippen LogP contribution in [-0.4, -0.2) is 4.98 Å². The van der Waals surface area contributed by atoms with Gasteiger partial charge in [0.15, 0.2) is 0 Å². The van der Waals surface area contributed by atoms with Crippen molar-refractivity contribution in [1.82, 2.24) is 4.98 Å². The van der Waals surface area contributed by atoms with Crippen molar-refractivity contribution in [1.29, 1.82) is 0 Å². The maximum Gasteiger partial charge on any atom is 0.132 e. The Hall–Kier alpha value is -0.770. The Bertz CT molecular complexity index is 517. The molecule has 1 heterocycles. The third-order valence-corrected chi connectivity index (χ3v) is 3.35. The smallest absolute Gasteiger partial charge is 0.132 e. The van der Waals surface area contributed by atoms with Crippen LogP contribution in [-0.2, 0) is 0 Å². The molecule has 1 N–H and O–H groups in total. The second kappa shape index (κ2) is 5.04. The van der Waals surface area contributed by atoms with Gasteiger partial charge in [0.25, 0.3) is 0 Å². The van der Waals surface area contributed by atoms with Crippen molar-refractivity contribution in [3.8, 4) is 0 Å². The lowest BCUT2D eigenvalue weighted by Crippen LogP contribution is -1.93. The van der Waals surface area contributed by atoms with Gasteiger partial charge in [-0.1, -0.05) is 29.3 Å². The van der Waals surface area contributed by atoms with Gasteiger partial charge in [0.05, 0.1) is 5.02 Å². The summed E-state index contributed by atoms with van der Waals surface area (Å²) in [5, 5.41) is 4.21. The Morgan fingerprint density at radius 1 is 1.12 bits per heavy atom. The SMILES string of the molecule is Clc1cccc(Nc2ccc(Br)c(Cl)c2)n1. The number of nitrogens with zero attached hydrogens (tertiary/aromatic N) is 1. The van der Waals surface area contributed by atoms with E-state index in [1.807, 2.05) is 30.3 Å². The maximum absolute atomic E-state index is 5.98. The van der Waals surface area contributed by atoms with Crippen molar-refractivity contribution in [2.24, 2.45) is 0 Å². The molecule has 82 valence electrons. The maximum atomic E-state index is 5.98. The minimum atomic E-state index is 0.452. The van der Waals surface area contributed by atoms with Gasteiger partial charge in [-0.15, -0.1) is 0 Å². The third kappa shape index (κ3) is 2.88. The van der Waals surface area contributed by atoms with Crippen LogP contribution in [0.2, 0.25) is 10.2 Å². The lowest BCUT2D eigenvalue weighted by molar-refractivity contribution is 1.31. The lowest BCUT2D eigenvalue weighted by atomic mass is 10.3. The van der Waals surface area contributed by atoms with Crippen LogP contribution < -0.4 is 5.32 Å². The van der Waals surface area contributed by atoms with Crippen LogP contribution in [0, 0.1) is 0 Å². The summed E-state index contributed by atoms with van der Waals surface area (Å²) in [4.78, 5) is 4.12. The molecule has 0 bridgehead atoms. The van der Waals surface area contributed by atoms with Gasteiger partial charge in [0, 0.05) is 10.2 Å². The first kappa shape index (κ1) is 11.7. The normalized spacial score (nSPS) is 10.2. The van der Waals surface area contributed by atoms with E-state index in [1.165, 1.54) is 0 Å². The predicted molar refractivity (Wildman–Crippen MR) is 71.7 cm³/mol. The van der Waals surface area contributed by atoms with Crippen molar-refractivity contribution in [2.45, 2.75) is 0 Å². The van der Waals surface area contributed by atoms with Crippen LogP contribution in [0.4, 0.5) is 11.5 Å². The lowest BCUT2D eigenvalue weighted by Gasteiger charge is -2.06. The second-order valence-corrected chi connectivity index (χ2v) is 4.75. The van der Waals surface area contributed by atoms with Gasteiger partial charge in [-0.2, -0.15) is 0 Å². The fourth-order valence-electron chi connectivity index (χ4n) is 1.20. The van der Waals surface area contributed by atoms with E-state index in [0.717, 1.165) is 10.2 Å². The van der Waals surface area contributed by atoms with Gasteiger partial charge in [-0.25, -0.2) is 4.98 Å². The minimum Gasteiger partial charge on any atom is -0.340 e. The van der Waals surface area contributed by atoms with Crippen LogP contribution in [0.1, 0.15) is 0 Å². The number of hydrogen-bond acceptors (Lipinski definition) is 2. The van der Waals surface area contributed by atoms with Gasteiger partial charge in [-0.3, -0.25) is 0 Å². The number of hydrogen-bond donors (Lipinski definition) is 1. The number of pyridine rings is 1. The number of rotatable bonds is 2. The van der Waals surface area contributed by atoms with Crippen molar-refractivity contribution in [3.63, 3.8) is 0 Å². The van der Waals surface area contributed by atoms with Crippen molar-refractivity contribution in [2.75, 3.05) is 5.32 Å². The minimum absolute atomic E-state index is 0.452. The summed E-state index contributed by atoms with van der Waals surface area (Å²) in [6, 6.07) is 11.0. The molecule has 2 aromatic rings. The molecule has 0 atom stereocenters. The molecule has 1 aromatic carbocycles.